The maximum absolute atomic E-state index is 13.3. The van der Waals surface area contributed by atoms with Gasteiger partial charge in [0.2, 0.25) is 11.8 Å². The summed E-state index contributed by atoms with van der Waals surface area (Å²) in [5.41, 5.74) is 4.56. The van der Waals surface area contributed by atoms with E-state index < -0.39 is 6.04 Å². The van der Waals surface area contributed by atoms with Gasteiger partial charge < -0.3 is 10.6 Å². The van der Waals surface area contributed by atoms with Gasteiger partial charge in [-0.1, -0.05) is 60.7 Å². The van der Waals surface area contributed by atoms with Gasteiger partial charge in [-0.25, -0.2) is 0 Å². The molecule has 0 aliphatic carbocycles. The summed E-state index contributed by atoms with van der Waals surface area (Å²) >= 11 is 0. The molecule has 6 nitrogen and oxygen atoms in total. The largest absolute Gasteiger partial charge is 0.324 e. The van der Waals surface area contributed by atoms with Gasteiger partial charge in [-0.15, -0.1) is 0 Å². The van der Waals surface area contributed by atoms with Gasteiger partial charge in [-0.05, 0) is 56.6 Å². The summed E-state index contributed by atoms with van der Waals surface area (Å²) in [6.45, 7) is 5.40. The Morgan fingerprint density at radius 1 is 0.848 bits per heavy atom. The fraction of sp³-hybridized carbons (Fsp3) is 0.222. The summed E-state index contributed by atoms with van der Waals surface area (Å²) < 4.78 is 0. The van der Waals surface area contributed by atoms with Crippen LogP contribution in [-0.4, -0.2) is 36.1 Å². The van der Waals surface area contributed by atoms with Crippen molar-refractivity contribution in [2.45, 2.75) is 26.8 Å². The molecule has 0 spiro atoms. The van der Waals surface area contributed by atoms with Gasteiger partial charge in [0.15, 0.2) is 5.78 Å². The van der Waals surface area contributed by atoms with Gasteiger partial charge in [0.05, 0.1) is 6.54 Å². The van der Waals surface area contributed by atoms with E-state index >= 15 is 0 Å². The van der Waals surface area contributed by atoms with E-state index in [2.05, 4.69) is 10.6 Å². The Labute approximate surface area is 194 Å². The number of para-hydroxylation sites is 1. The van der Waals surface area contributed by atoms with Gasteiger partial charge >= 0.3 is 0 Å². The number of hydrogen-bond acceptors (Lipinski definition) is 4. The third-order valence-corrected chi connectivity index (χ3v) is 5.48. The van der Waals surface area contributed by atoms with Crippen molar-refractivity contribution in [3.05, 3.63) is 95.1 Å². The zero-order chi connectivity index (χ0) is 24.0. The molecule has 0 unspecified atom stereocenters. The Kier molecular flexibility index (Phi) is 7.74. The fourth-order valence-electron chi connectivity index (χ4n) is 3.78. The molecule has 0 saturated carbocycles. The van der Waals surface area contributed by atoms with E-state index in [0.29, 0.717) is 11.3 Å². The van der Waals surface area contributed by atoms with E-state index in [9.17, 15) is 14.4 Å². The van der Waals surface area contributed by atoms with Crippen molar-refractivity contribution in [3.8, 4) is 0 Å². The Hall–Kier alpha value is -3.77. The number of benzene rings is 3. The SMILES string of the molecule is CC(=O)c1cccc(NC(=O)[C@@H](c2ccccc2)N(C)CC(=O)Nc2c(C)cccc2C)c1. The maximum atomic E-state index is 13.3. The van der Waals surface area contributed by atoms with Crippen LogP contribution in [0.3, 0.4) is 0 Å². The first-order valence-electron chi connectivity index (χ1n) is 10.8. The van der Waals surface area contributed by atoms with Crippen molar-refractivity contribution >= 4 is 29.0 Å². The molecule has 33 heavy (non-hydrogen) atoms. The van der Waals surface area contributed by atoms with Crippen LogP contribution in [0.2, 0.25) is 0 Å². The maximum Gasteiger partial charge on any atom is 0.246 e. The molecule has 2 N–H and O–H groups in total. The van der Waals surface area contributed by atoms with E-state index in [1.54, 1.807) is 36.2 Å². The number of aryl methyl sites for hydroxylation is 2. The van der Waals surface area contributed by atoms with Crippen LogP contribution in [0, 0.1) is 13.8 Å². The summed E-state index contributed by atoms with van der Waals surface area (Å²) in [6, 6.07) is 21.3. The van der Waals surface area contributed by atoms with E-state index in [1.807, 2.05) is 62.4 Å². The third kappa shape index (κ3) is 6.14. The van der Waals surface area contributed by atoms with Gasteiger partial charge in [-0.3, -0.25) is 19.3 Å². The summed E-state index contributed by atoms with van der Waals surface area (Å²) in [5, 5.41) is 5.87. The van der Waals surface area contributed by atoms with Crippen LogP contribution in [0.4, 0.5) is 11.4 Å². The topological polar surface area (TPSA) is 78.5 Å². The smallest absolute Gasteiger partial charge is 0.246 e. The molecule has 0 bridgehead atoms. The van der Waals surface area contributed by atoms with Gasteiger partial charge in [0.1, 0.15) is 6.04 Å². The number of hydrogen-bond donors (Lipinski definition) is 2. The predicted molar refractivity (Wildman–Crippen MR) is 131 cm³/mol. The lowest BCUT2D eigenvalue weighted by Crippen LogP contribution is -2.39. The molecule has 0 radical (unpaired) electrons. The van der Waals surface area contributed by atoms with Crippen molar-refractivity contribution in [1.82, 2.24) is 4.90 Å². The van der Waals surface area contributed by atoms with Crippen molar-refractivity contribution in [3.63, 3.8) is 0 Å². The quantitative estimate of drug-likeness (QED) is 0.492. The van der Waals surface area contributed by atoms with Crippen LogP contribution >= 0.6 is 0 Å². The van der Waals surface area contributed by atoms with Gasteiger partial charge in [0, 0.05) is 16.9 Å². The highest BCUT2D eigenvalue weighted by atomic mass is 16.2. The molecule has 0 fully saturated rings. The number of likely N-dealkylation sites (N-methyl/N-ethyl adjacent to an activating group) is 1. The van der Waals surface area contributed by atoms with Crippen LogP contribution < -0.4 is 10.6 Å². The second-order valence-corrected chi connectivity index (χ2v) is 8.17. The molecule has 0 aliphatic heterocycles. The molecule has 2 amide bonds. The molecular formula is C27H29N3O3. The van der Waals surface area contributed by atoms with Gasteiger partial charge in [0.25, 0.3) is 0 Å². The molecule has 0 saturated heterocycles. The predicted octanol–water partition coefficient (Wildman–Crippen LogP) is 4.76. The number of amides is 2. The number of anilines is 2. The number of carbonyl (C=O) groups is 3. The van der Waals surface area contributed by atoms with Crippen LogP contribution in [0.25, 0.3) is 0 Å². The molecule has 6 heteroatoms. The lowest BCUT2D eigenvalue weighted by molar-refractivity contribution is -0.123. The number of nitrogens with one attached hydrogen (secondary N) is 2. The molecule has 170 valence electrons. The third-order valence-electron chi connectivity index (χ3n) is 5.48. The first-order valence-corrected chi connectivity index (χ1v) is 10.8. The first kappa shape index (κ1) is 23.9. The minimum absolute atomic E-state index is 0.0221. The molecule has 3 aromatic rings. The standard InChI is InChI=1S/C27H29N3O3/c1-18-10-8-11-19(2)25(18)29-24(32)17-30(4)26(21-12-6-5-7-13-21)27(33)28-23-15-9-14-22(16-23)20(3)31/h5-16,26H,17H2,1-4H3,(H,28,33)(H,29,32)/t26-/m1/s1. The lowest BCUT2D eigenvalue weighted by Gasteiger charge is -2.27. The average Bonchev–Trinajstić information content (AvgIpc) is 2.77. The Morgan fingerprint density at radius 2 is 1.48 bits per heavy atom. The van der Waals surface area contributed by atoms with E-state index in [4.69, 9.17) is 0 Å². The van der Waals surface area contributed by atoms with E-state index in [0.717, 1.165) is 22.4 Å². The Bertz CT molecular complexity index is 1140. The Balaban J connectivity index is 1.80. The second kappa shape index (κ2) is 10.7. The molecule has 3 aromatic carbocycles. The number of ketones is 1. The minimum Gasteiger partial charge on any atom is -0.324 e. The van der Waals surface area contributed by atoms with Crippen molar-refractivity contribution in [1.29, 1.82) is 0 Å². The van der Waals surface area contributed by atoms with Crippen molar-refractivity contribution < 1.29 is 14.4 Å². The summed E-state index contributed by atoms with van der Waals surface area (Å²) in [7, 11) is 1.74. The number of nitrogens with zero attached hydrogens (tertiary/aromatic N) is 1. The molecule has 0 heterocycles. The number of rotatable bonds is 8. The highest BCUT2D eigenvalue weighted by Gasteiger charge is 2.27. The molecule has 3 rings (SSSR count). The molecular weight excluding hydrogens is 414 g/mol. The summed E-state index contributed by atoms with van der Waals surface area (Å²) in [6.07, 6.45) is 0. The minimum atomic E-state index is -0.698. The van der Waals surface area contributed by atoms with E-state index in [1.165, 1.54) is 6.92 Å². The fourth-order valence-corrected chi connectivity index (χ4v) is 3.78. The van der Waals surface area contributed by atoms with Crippen LogP contribution in [0.5, 0.6) is 0 Å². The van der Waals surface area contributed by atoms with Gasteiger partial charge in [-0.2, -0.15) is 0 Å². The monoisotopic (exact) mass is 443 g/mol. The Morgan fingerprint density at radius 3 is 2.12 bits per heavy atom. The lowest BCUT2D eigenvalue weighted by atomic mass is 10.0. The highest BCUT2D eigenvalue weighted by molar-refractivity contribution is 5.99. The van der Waals surface area contributed by atoms with Crippen molar-refractivity contribution in [2.24, 2.45) is 0 Å². The highest BCUT2D eigenvalue weighted by Crippen LogP contribution is 2.23. The zero-order valence-electron chi connectivity index (χ0n) is 19.4. The molecule has 0 aromatic heterocycles. The summed E-state index contributed by atoms with van der Waals surface area (Å²) in [5.74, 6) is -0.572. The zero-order valence-corrected chi connectivity index (χ0v) is 19.4. The molecule has 0 aliphatic rings. The van der Waals surface area contributed by atoms with Crippen LogP contribution in [-0.2, 0) is 9.59 Å². The number of Topliss-reactive ketones (excluding diaryl/α,β-unsaturated/α-hetero) is 1. The first-order chi connectivity index (χ1) is 15.8. The summed E-state index contributed by atoms with van der Waals surface area (Å²) in [4.78, 5) is 39.6. The molecule has 1 atom stereocenters. The van der Waals surface area contributed by atoms with Crippen LogP contribution in [0.15, 0.2) is 72.8 Å². The number of carbonyl (C=O) groups excluding carboxylic acids is 3. The second-order valence-electron chi connectivity index (χ2n) is 8.17. The average molecular weight is 444 g/mol. The normalized spacial score (nSPS) is 11.7. The van der Waals surface area contributed by atoms with Crippen molar-refractivity contribution in [2.75, 3.05) is 24.2 Å². The van der Waals surface area contributed by atoms with E-state index in [-0.39, 0.29) is 24.1 Å². The van der Waals surface area contributed by atoms with Crippen LogP contribution in [0.1, 0.15) is 40.0 Å².